The van der Waals surface area contributed by atoms with Gasteiger partial charge in [0.25, 0.3) is 0 Å². The van der Waals surface area contributed by atoms with Gasteiger partial charge in [0.05, 0.1) is 12.1 Å². The molecule has 0 spiro atoms. The third kappa shape index (κ3) is 2.82. The van der Waals surface area contributed by atoms with Crippen LogP contribution < -0.4 is 10.6 Å². The number of nitrogens with two attached hydrogens (primary N) is 1. The molecule has 0 aromatic heterocycles. The summed E-state index contributed by atoms with van der Waals surface area (Å²) in [5.41, 5.74) is 7.87. The number of hydrogen-bond acceptors (Lipinski definition) is 3. The van der Waals surface area contributed by atoms with E-state index in [4.69, 9.17) is 10.5 Å². The molecule has 2 atom stereocenters. The highest BCUT2D eigenvalue weighted by Gasteiger charge is 2.20. The molecular weight excluding hydrogens is 231 g/mol. The van der Waals surface area contributed by atoms with Crippen molar-refractivity contribution >= 4 is 5.69 Å². The highest BCUT2D eigenvalue weighted by Crippen LogP contribution is 2.25. The first-order chi connectivity index (χ1) is 8.76. The van der Waals surface area contributed by atoms with E-state index in [2.05, 4.69) is 17.0 Å². The topological polar surface area (TPSA) is 38.5 Å². The summed E-state index contributed by atoms with van der Waals surface area (Å²) in [4.78, 5) is 2.36. The van der Waals surface area contributed by atoms with E-state index >= 15 is 0 Å². The van der Waals surface area contributed by atoms with Gasteiger partial charge in [-0.15, -0.1) is 0 Å². The highest BCUT2D eigenvalue weighted by molar-refractivity contribution is 5.48. The van der Waals surface area contributed by atoms with Crippen molar-refractivity contribution in [3.8, 4) is 0 Å². The van der Waals surface area contributed by atoms with E-state index in [1.807, 2.05) is 12.1 Å². The van der Waals surface area contributed by atoms with Crippen LogP contribution in [0.2, 0.25) is 0 Å². The molecule has 18 heavy (non-hydrogen) atoms. The third-order valence-corrected chi connectivity index (χ3v) is 3.51. The summed E-state index contributed by atoms with van der Waals surface area (Å²) in [7, 11) is 1.56. The average Bonchev–Trinajstić information content (AvgIpc) is 2.94. The number of methoxy groups -OCH3 is 1. The number of anilines is 1. The number of nitrogens with zero attached hydrogens (tertiary/aromatic N) is 1. The van der Waals surface area contributed by atoms with Crippen molar-refractivity contribution in [1.82, 2.24) is 0 Å². The van der Waals surface area contributed by atoms with Gasteiger partial charge in [-0.05, 0) is 30.5 Å². The summed E-state index contributed by atoms with van der Waals surface area (Å²) >= 11 is 0. The van der Waals surface area contributed by atoms with Crippen molar-refractivity contribution in [2.75, 3.05) is 31.8 Å². The second kappa shape index (κ2) is 6.16. The first-order valence-corrected chi connectivity index (χ1v) is 6.45. The van der Waals surface area contributed by atoms with Gasteiger partial charge >= 0.3 is 0 Å². The Kier molecular flexibility index (Phi) is 4.55. The minimum atomic E-state index is -0.604. The van der Waals surface area contributed by atoms with E-state index in [0.717, 1.165) is 18.7 Å². The molecule has 1 aromatic carbocycles. The molecule has 1 heterocycles. The maximum Gasteiger partial charge on any atom is 0.107 e. The van der Waals surface area contributed by atoms with Crippen LogP contribution in [-0.2, 0) is 4.74 Å². The minimum absolute atomic E-state index is 0.373. The fraction of sp³-hybridized carbons (Fsp3) is 0.571. The molecule has 1 aliphatic rings. The lowest BCUT2D eigenvalue weighted by Crippen LogP contribution is -2.31. The van der Waals surface area contributed by atoms with Crippen molar-refractivity contribution in [3.63, 3.8) is 0 Å². The number of rotatable bonds is 5. The molecule has 0 saturated carbocycles. The zero-order valence-electron chi connectivity index (χ0n) is 10.8. The Morgan fingerprint density at radius 3 is 2.39 bits per heavy atom. The van der Waals surface area contributed by atoms with E-state index in [0.29, 0.717) is 0 Å². The van der Waals surface area contributed by atoms with Crippen LogP contribution in [0.5, 0.6) is 0 Å². The Morgan fingerprint density at radius 1 is 1.28 bits per heavy atom. The zero-order chi connectivity index (χ0) is 13.0. The van der Waals surface area contributed by atoms with Gasteiger partial charge in [-0.3, -0.25) is 0 Å². The van der Waals surface area contributed by atoms with Crippen LogP contribution in [0.4, 0.5) is 10.1 Å². The quantitative estimate of drug-likeness (QED) is 0.873. The molecule has 4 heteroatoms. The zero-order valence-corrected chi connectivity index (χ0v) is 10.8. The van der Waals surface area contributed by atoms with Crippen molar-refractivity contribution in [2.24, 2.45) is 5.73 Å². The van der Waals surface area contributed by atoms with Gasteiger partial charge in [-0.2, -0.15) is 0 Å². The second-order valence-electron chi connectivity index (χ2n) is 4.76. The summed E-state index contributed by atoms with van der Waals surface area (Å²) < 4.78 is 17.9. The lowest BCUT2D eigenvalue weighted by Gasteiger charge is -2.22. The first kappa shape index (κ1) is 13.3. The Balaban J connectivity index is 2.10. The third-order valence-electron chi connectivity index (χ3n) is 3.51. The molecule has 2 unspecified atom stereocenters. The predicted octanol–water partition coefficient (Wildman–Crippen LogP) is 2.27. The molecule has 2 N–H and O–H groups in total. The molecule has 0 amide bonds. The van der Waals surface area contributed by atoms with Gasteiger partial charge in [0.1, 0.15) is 6.67 Å². The Bertz CT molecular complexity index is 363. The van der Waals surface area contributed by atoms with Crippen LogP contribution in [0.15, 0.2) is 24.3 Å². The van der Waals surface area contributed by atoms with Crippen LogP contribution in [-0.4, -0.2) is 32.9 Å². The van der Waals surface area contributed by atoms with Crippen molar-refractivity contribution in [3.05, 3.63) is 29.8 Å². The van der Waals surface area contributed by atoms with Crippen LogP contribution in [0.1, 0.15) is 24.5 Å². The maximum absolute atomic E-state index is 12.6. The summed E-state index contributed by atoms with van der Waals surface area (Å²) in [6.07, 6.45) is 2.15. The second-order valence-corrected chi connectivity index (χ2v) is 4.76. The lowest BCUT2D eigenvalue weighted by atomic mass is 10.0. The summed E-state index contributed by atoms with van der Waals surface area (Å²) in [6.45, 7) is 1.67. The molecule has 1 fully saturated rings. The number of halogens is 1. The van der Waals surface area contributed by atoms with Gasteiger partial charge in [-0.1, -0.05) is 12.1 Å². The van der Waals surface area contributed by atoms with Crippen molar-refractivity contribution < 1.29 is 9.13 Å². The molecule has 1 saturated heterocycles. The van der Waals surface area contributed by atoms with E-state index in [9.17, 15) is 4.39 Å². The van der Waals surface area contributed by atoms with Crippen LogP contribution in [0.25, 0.3) is 0 Å². The molecule has 1 aliphatic heterocycles. The molecule has 3 nitrogen and oxygen atoms in total. The van der Waals surface area contributed by atoms with E-state index in [1.165, 1.54) is 18.5 Å². The number of alkyl halides is 1. The van der Waals surface area contributed by atoms with Crippen LogP contribution in [0.3, 0.4) is 0 Å². The van der Waals surface area contributed by atoms with Crippen LogP contribution in [0, 0.1) is 0 Å². The molecule has 100 valence electrons. The molecule has 0 bridgehead atoms. The summed E-state index contributed by atoms with van der Waals surface area (Å²) in [5.74, 6) is 0. The predicted molar refractivity (Wildman–Crippen MR) is 71.6 cm³/mol. The lowest BCUT2D eigenvalue weighted by molar-refractivity contribution is 0.0721. The smallest absolute Gasteiger partial charge is 0.107 e. The van der Waals surface area contributed by atoms with Gasteiger partial charge in [-0.25, -0.2) is 4.39 Å². The van der Waals surface area contributed by atoms with Crippen LogP contribution >= 0.6 is 0 Å². The number of hydrogen-bond donors (Lipinski definition) is 1. The van der Waals surface area contributed by atoms with Gasteiger partial charge in [0, 0.05) is 25.9 Å². The van der Waals surface area contributed by atoms with E-state index in [1.54, 1.807) is 7.11 Å². The standard InChI is InChI=1S/C14H21FN2O/c1-18-14(13(16)10-15)11-4-6-12(7-5-11)17-8-2-3-9-17/h4-7,13-14H,2-3,8-10,16H2,1H3. The molecule has 2 rings (SSSR count). The maximum atomic E-state index is 12.6. The fourth-order valence-corrected chi connectivity index (χ4v) is 2.49. The first-order valence-electron chi connectivity index (χ1n) is 6.45. The average molecular weight is 252 g/mol. The van der Waals surface area contributed by atoms with E-state index in [-0.39, 0.29) is 6.10 Å². The van der Waals surface area contributed by atoms with Crippen molar-refractivity contribution in [2.45, 2.75) is 25.0 Å². The normalized spacial score (nSPS) is 18.9. The van der Waals surface area contributed by atoms with Gasteiger partial charge in [0.15, 0.2) is 0 Å². The fourth-order valence-electron chi connectivity index (χ4n) is 2.49. The largest absolute Gasteiger partial charge is 0.375 e. The summed E-state index contributed by atoms with van der Waals surface area (Å²) in [6, 6.07) is 7.50. The molecule has 0 radical (unpaired) electrons. The van der Waals surface area contributed by atoms with E-state index < -0.39 is 12.7 Å². The monoisotopic (exact) mass is 252 g/mol. The van der Waals surface area contributed by atoms with Gasteiger partial charge < -0.3 is 15.4 Å². The Labute approximate surface area is 108 Å². The molecular formula is C14H21FN2O. The van der Waals surface area contributed by atoms with Gasteiger partial charge in [0.2, 0.25) is 0 Å². The number of benzene rings is 1. The number of ether oxygens (including phenoxy) is 1. The van der Waals surface area contributed by atoms with Crippen molar-refractivity contribution in [1.29, 1.82) is 0 Å². The SMILES string of the molecule is COC(c1ccc(N2CCCC2)cc1)C(N)CF. The Hall–Kier alpha value is -1.13. The molecule has 0 aliphatic carbocycles. The summed E-state index contributed by atoms with van der Waals surface area (Å²) in [5, 5.41) is 0. The Morgan fingerprint density at radius 2 is 1.89 bits per heavy atom. The molecule has 1 aromatic rings. The highest BCUT2D eigenvalue weighted by atomic mass is 19.1. The minimum Gasteiger partial charge on any atom is -0.375 e.